The maximum atomic E-state index is 12.5. The lowest BCUT2D eigenvalue weighted by molar-refractivity contribution is -0.151. The van der Waals surface area contributed by atoms with Gasteiger partial charge >= 0.3 is 5.97 Å². The molecule has 9 heteroatoms. The summed E-state index contributed by atoms with van der Waals surface area (Å²) in [6.07, 6.45) is 4.00. The summed E-state index contributed by atoms with van der Waals surface area (Å²) in [5.41, 5.74) is 0. The van der Waals surface area contributed by atoms with Crippen LogP contribution in [0.2, 0.25) is 5.02 Å². The Balaban J connectivity index is 1.95. The van der Waals surface area contributed by atoms with E-state index in [0.29, 0.717) is 5.02 Å². The zero-order valence-corrected chi connectivity index (χ0v) is 17.0. The highest BCUT2D eigenvalue weighted by Crippen LogP contribution is 2.18. The number of nitrogens with one attached hydrogen (secondary N) is 2. The summed E-state index contributed by atoms with van der Waals surface area (Å²) < 4.78 is 32.4. The molecular weight excluding hydrogens is 392 g/mol. The minimum atomic E-state index is -3.93. The van der Waals surface area contributed by atoms with Crippen molar-refractivity contribution >= 4 is 33.5 Å². The molecule has 2 rings (SSSR count). The monoisotopic (exact) mass is 416 g/mol. The Hall–Kier alpha value is -1.64. The minimum absolute atomic E-state index is 0.00988. The van der Waals surface area contributed by atoms with Gasteiger partial charge in [-0.05, 0) is 43.0 Å². The summed E-state index contributed by atoms with van der Waals surface area (Å²) in [5.74, 6) is -1.53. The quantitative estimate of drug-likeness (QED) is 0.633. The number of hydrogen-bond donors (Lipinski definition) is 2. The van der Waals surface area contributed by atoms with Crippen LogP contribution in [0.25, 0.3) is 0 Å². The Morgan fingerprint density at radius 2 is 1.78 bits per heavy atom. The van der Waals surface area contributed by atoms with E-state index in [0.717, 1.165) is 25.7 Å². The van der Waals surface area contributed by atoms with Crippen LogP contribution in [0.5, 0.6) is 0 Å². The molecule has 1 aliphatic carbocycles. The molecule has 0 bridgehead atoms. The van der Waals surface area contributed by atoms with E-state index in [9.17, 15) is 18.0 Å². The molecule has 27 heavy (non-hydrogen) atoms. The van der Waals surface area contributed by atoms with Crippen LogP contribution in [0.4, 0.5) is 0 Å². The second kappa shape index (κ2) is 9.52. The smallest absolute Gasteiger partial charge is 0.324 e. The third kappa shape index (κ3) is 6.48. The molecule has 0 saturated heterocycles. The van der Waals surface area contributed by atoms with E-state index >= 15 is 0 Å². The van der Waals surface area contributed by atoms with Crippen LogP contribution in [-0.2, 0) is 24.3 Å². The van der Waals surface area contributed by atoms with Crippen LogP contribution in [-0.4, -0.2) is 39.0 Å². The molecule has 7 nitrogen and oxygen atoms in total. The van der Waals surface area contributed by atoms with Gasteiger partial charge in [0.2, 0.25) is 10.0 Å². The van der Waals surface area contributed by atoms with Crippen molar-refractivity contribution in [2.24, 2.45) is 5.92 Å². The zero-order chi connectivity index (χ0) is 20.0. The Morgan fingerprint density at radius 1 is 1.19 bits per heavy atom. The number of carbonyl (C=O) groups excluding carboxylic acids is 2. The molecule has 150 valence electrons. The molecule has 1 aromatic rings. The van der Waals surface area contributed by atoms with Gasteiger partial charge in [0.05, 0.1) is 4.90 Å². The predicted molar refractivity (Wildman–Crippen MR) is 102 cm³/mol. The number of esters is 1. The highest BCUT2D eigenvalue weighted by molar-refractivity contribution is 7.89. The van der Waals surface area contributed by atoms with Crippen molar-refractivity contribution in [3.8, 4) is 0 Å². The van der Waals surface area contributed by atoms with Crippen molar-refractivity contribution in [3.63, 3.8) is 0 Å². The maximum Gasteiger partial charge on any atom is 0.324 e. The van der Waals surface area contributed by atoms with Crippen LogP contribution in [0.15, 0.2) is 29.2 Å². The van der Waals surface area contributed by atoms with Gasteiger partial charge in [-0.25, -0.2) is 8.42 Å². The van der Waals surface area contributed by atoms with Crippen LogP contribution in [0.1, 0.15) is 39.5 Å². The summed E-state index contributed by atoms with van der Waals surface area (Å²) in [6, 6.07) is 4.62. The van der Waals surface area contributed by atoms with E-state index in [1.807, 2.05) is 0 Å². The van der Waals surface area contributed by atoms with E-state index in [2.05, 4.69) is 10.0 Å². The third-order valence-corrected chi connectivity index (χ3v) is 6.10. The number of ether oxygens (including phenoxy) is 1. The van der Waals surface area contributed by atoms with E-state index in [1.165, 1.54) is 24.3 Å². The van der Waals surface area contributed by atoms with Crippen molar-refractivity contribution in [3.05, 3.63) is 29.3 Å². The second-order valence-electron chi connectivity index (χ2n) is 6.95. The predicted octanol–water partition coefficient (Wildman–Crippen LogP) is 2.24. The van der Waals surface area contributed by atoms with E-state index in [4.69, 9.17) is 16.3 Å². The van der Waals surface area contributed by atoms with Crippen LogP contribution in [0, 0.1) is 5.92 Å². The van der Waals surface area contributed by atoms with E-state index in [1.54, 1.807) is 13.8 Å². The van der Waals surface area contributed by atoms with E-state index < -0.39 is 28.6 Å². The average molecular weight is 417 g/mol. The highest BCUT2D eigenvalue weighted by atomic mass is 35.5. The zero-order valence-electron chi connectivity index (χ0n) is 15.4. The van der Waals surface area contributed by atoms with Crippen molar-refractivity contribution in [1.82, 2.24) is 10.0 Å². The Labute approximate surface area is 164 Å². The normalized spacial score (nSPS) is 16.3. The van der Waals surface area contributed by atoms with Gasteiger partial charge in [0.25, 0.3) is 5.91 Å². The molecule has 2 N–H and O–H groups in total. The minimum Gasteiger partial charge on any atom is -0.454 e. The summed E-state index contributed by atoms with van der Waals surface area (Å²) in [4.78, 5) is 24.2. The van der Waals surface area contributed by atoms with E-state index in [-0.39, 0.29) is 22.8 Å². The molecule has 1 unspecified atom stereocenters. The van der Waals surface area contributed by atoms with Gasteiger partial charge in [0.1, 0.15) is 6.04 Å². The third-order valence-electron chi connectivity index (χ3n) is 4.39. The Morgan fingerprint density at radius 3 is 2.33 bits per heavy atom. The number of rotatable bonds is 8. The molecule has 1 aliphatic rings. The number of benzene rings is 1. The first-order chi connectivity index (χ1) is 12.7. The molecule has 0 heterocycles. The molecule has 0 radical (unpaired) electrons. The van der Waals surface area contributed by atoms with Crippen molar-refractivity contribution in [2.45, 2.75) is 56.5 Å². The molecule has 1 fully saturated rings. The highest BCUT2D eigenvalue weighted by Gasteiger charge is 2.30. The number of sulfonamides is 1. The van der Waals surface area contributed by atoms with Gasteiger partial charge in [-0.2, -0.15) is 4.72 Å². The van der Waals surface area contributed by atoms with Crippen LogP contribution >= 0.6 is 11.6 Å². The summed E-state index contributed by atoms with van der Waals surface area (Å²) in [5, 5.41) is 3.22. The molecule has 1 atom stereocenters. The molecule has 1 aromatic carbocycles. The molecule has 0 aliphatic heterocycles. The summed E-state index contributed by atoms with van der Waals surface area (Å²) in [6.45, 7) is 2.95. The Bertz CT molecular complexity index is 758. The first kappa shape index (κ1) is 21.7. The standard InChI is InChI=1S/C18H25ClN2O5S/c1-12(2)17(21-27(24,25)15-9-7-13(19)8-10-15)18(23)26-11-16(22)20-14-5-3-4-6-14/h7-10,12,14,17,21H,3-6,11H2,1-2H3,(H,20,22). The fourth-order valence-electron chi connectivity index (χ4n) is 2.87. The number of carbonyl (C=O) groups is 2. The van der Waals surface area contributed by atoms with Crippen LogP contribution < -0.4 is 10.0 Å². The molecular formula is C18H25ClN2O5S. The van der Waals surface area contributed by atoms with Crippen molar-refractivity contribution < 1.29 is 22.7 Å². The van der Waals surface area contributed by atoms with Gasteiger partial charge < -0.3 is 10.1 Å². The lowest BCUT2D eigenvalue weighted by atomic mass is 10.1. The molecule has 1 amide bonds. The van der Waals surface area contributed by atoms with Crippen molar-refractivity contribution in [1.29, 1.82) is 0 Å². The second-order valence-corrected chi connectivity index (χ2v) is 9.10. The average Bonchev–Trinajstić information content (AvgIpc) is 3.10. The fraction of sp³-hybridized carbons (Fsp3) is 0.556. The van der Waals surface area contributed by atoms with Gasteiger partial charge in [-0.1, -0.05) is 38.3 Å². The lowest BCUT2D eigenvalue weighted by Crippen LogP contribution is -2.46. The van der Waals surface area contributed by atoms with Gasteiger partial charge in [0.15, 0.2) is 6.61 Å². The number of halogens is 1. The topological polar surface area (TPSA) is 102 Å². The van der Waals surface area contributed by atoms with Crippen molar-refractivity contribution in [2.75, 3.05) is 6.61 Å². The summed E-state index contributed by atoms with van der Waals surface area (Å²) >= 11 is 5.77. The fourth-order valence-corrected chi connectivity index (χ4v) is 4.33. The largest absolute Gasteiger partial charge is 0.454 e. The molecule has 0 spiro atoms. The summed E-state index contributed by atoms with van der Waals surface area (Å²) in [7, 11) is -3.93. The first-order valence-corrected chi connectivity index (χ1v) is 10.8. The first-order valence-electron chi connectivity index (χ1n) is 8.93. The number of hydrogen-bond acceptors (Lipinski definition) is 5. The molecule has 1 saturated carbocycles. The Kier molecular flexibility index (Phi) is 7.64. The van der Waals surface area contributed by atoms with Crippen LogP contribution in [0.3, 0.4) is 0 Å². The number of amides is 1. The molecule has 0 aromatic heterocycles. The maximum absolute atomic E-state index is 12.5. The van der Waals surface area contributed by atoms with Gasteiger partial charge in [-0.15, -0.1) is 0 Å². The lowest BCUT2D eigenvalue weighted by Gasteiger charge is -2.21. The van der Waals surface area contributed by atoms with Gasteiger partial charge in [0, 0.05) is 11.1 Å². The van der Waals surface area contributed by atoms with Gasteiger partial charge in [-0.3, -0.25) is 9.59 Å². The SMILES string of the molecule is CC(C)C(NS(=O)(=O)c1ccc(Cl)cc1)C(=O)OCC(=O)NC1CCCC1.